The number of carbonyl (C=O) groups excluding carboxylic acids is 2. The number of carbonyl (C=O) groups is 3. The maximum Gasteiger partial charge on any atom is 0.407 e. The summed E-state index contributed by atoms with van der Waals surface area (Å²) in [7, 11) is 0. The Balaban J connectivity index is 1.41. The molecule has 0 saturated heterocycles. The van der Waals surface area contributed by atoms with Crippen LogP contribution in [0.15, 0.2) is 48.5 Å². The number of ether oxygens (including phenoxy) is 1. The lowest BCUT2D eigenvalue weighted by Crippen LogP contribution is -2.50. The summed E-state index contributed by atoms with van der Waals surface area (Å²) in [6.07, 6.45) is 1.65. The molecule has 2 amide bonds. The van der Waals surface area contributed by atoms with Crippen LogP contribution in [0.3, 0.4) is 0 Å². The lowest BCUT2D eigenvalue weighted by molar-refractivity contribution is -0.137. The summed E-state index contributed by atoms with van der Waals surface area (Å²) in [5, 5.41) is 14.6. The standard InChI is InChI=1S/C25H28N2O5/c1-2-25(13-14-25)27-23(30)21(11-12-22(28)29)26-24(31)32-15-20-18-9-5-3-7-16(18)17-8-4-6-10-19(17)20/h3-10,20-21H,2,11-15H2,1H3,(H,26,31)(H,27,30)(H,28,29). The average molecular weight is 437 g/mol. The van der Waals surface area contributed by atoms with Crippen LogP contribution in [-0.4, -0.2) is 41.3 Å². The summed E-state index contributed by atoms with van der Waals surface area (Å²) < 4.78 is 5.52. The number of rotatable bonds is 9. The second-order valence-corrected chi connectivity index (χ2v) is 8.58. The molecule has 0 bridgehead atoms. The SMILES string of the molecule is CCC1(NC(=O)C(CCC(=O)O)NC(=O)OCC2c3ccccc3-c3ccccc32)CC1. The third-order valence-electron chi connectivity index (χ3n) is 6.52. The largest absolute Gasteiger partial charge is 0.481 e. The fourth-order valence-electron chi connectivity index (χ4n) is 4.39. The minimum absolute atomic E-state index is 0.00512. The Kier molecular flexibility index (Phi) is 6.17. The minimum Gasteiger partial charge on any atom is -0.481 e. The molecule has 1 fully saturated rings. The van der Waals surface area contributed by atoms with Crippen LogP contribution in [0.2, 0.25) is 0 Å². The van der Waals surface area contributed by atoms with Crippen molar-refractivity contribution >= 4 is 18.0 Å². The molecule has 2 aromatic carbocycles. The summed E-state index contributed by atoms with van der Waals surface area (Å²) in [6, 6.07) is 15.1. The molecule has 4 rings (SSSR count). The fourth-order valence-corrected chi connectivity index (χ4v) is 4.39. The topological polar surface area (TPSA) is 105 Å². The highest BCUT2D eigenvalue weighted by Gasteiger charge is 2.43. The molecular formula is C25H28N2O5. The summed E-state index contributed by atoms with van der Waals surface area (Å²) in [6.45, 7) is 2.13. The molecule has 3 N–H and O–H groups in total. The first kappa shape index (κ1) is 21.9. The van der Waals surface area contributed by atoms with Gasteiger partial charge in [0.1, 0.15) is 12.6 Å². The fraction of sp³-hybridized carbons (Fsp3) is 0.400. The molecular weight excluding hydrogens is 408 g/mol. The Morgan fingerprint density at radius 2 is 1.66 bits per heavy atom. The molecule has 7 heteroatoms. The number of nitrogens with one attached hydrogen (secondary N) is 2. The summed E-state index contributed by atoms with van der Waals surface area (Å²) in [5.74, 6) is -1.47. The first-order valence-electron chi connectivity index (χ1n) is 11.1. The summed E-state index contributed by atoms with van der Waals surface area (Å²) in [5.41, 5.74) is 4.23. The number of benzene rings is 2. The van der Waals surface area contributed by atoms with Crippen LogP contribution >= 0.6 is 0 Å². The zero-order chi connectivity index (χ0) is 22.7. The number of hydrogen-bond acceptors (Lipinski definition) is 4. The second-order valence-electron chi connectivity index (χ2n) is 8.58. The van der Waals surface area contributed by atoms with Crippen LogP contribution in [0.4, 0.5) is 4.79 Å². The van der Waals surface area contributed by atoms with E-state index >= 15 is 0 Å². The van der Waals surface area contributed by atoms with E-state index in [4.69, 9.17) is 9.84 Å². The van der Waals surface area contributed by atoms with E-state index in [0.717, 1.165) is 41.5 Å². The average Bonchev–Trinajstić information content (AvgIpc) is 3.49. The number of carboxylic acid groups (broad SMARTS) is 1. The van der Waals surface area contributed by atoms with Gasteiger partial charge in [-0.25, -0.2) is 4.79 Å². The predicted octanol–water partition coefficient (Wildman–Crippen LogP) is 3.82. The van der Waals surface area contributed by atoms with Crippen molar-refractivity contribution in [1.82, 2.24) is 10.6 Å². The van der Waals surface area contributed by atoms with Crippen molar-refractivity contribution < 1.29 is 24.2 Å². The molecule has 32 heavy (non-hydrogen) atoms. The van der Waals surface area contributed by atoms with Crippen LogP contribution in [0, 0.1) is 0 Å². The number of aliphatic carboxylic acids is 1. The lowest BCUT2D eigenvalue weighted by atomic mass is 9.98. The van der Waals surface area contributed by atoms with Gasteiger partial charge in [0.15, 0.2) is 0 Å². The summed E-state index contributed by atoms with van der Waals surface area (Å²) >= 11 is 0. The number of amides is 2. The van der Waals surface area contributed by atoms with E-state index in [9.17, 15) is 14.4 Å². The normalized spacial score (nSPS) is 16.4. The highest BCUT2D eigenvalue weighted by molar-refractivity contribution is 5.87. The van der Waals surface area contributed by atoms with Gasteiger partial charge in [0.05, 0.1) is 0 Å². The van der Waals surface area contributed by atoms with Gasteiger partial charge in [0.25, 0.3) is 0 Å². The maximum atomic E-state index is 12.7. The Labute approximate surface area is 187 Å². The smallest absolute Gasteiger partial charge is 0.407 e. The van der Waals surface area contributed by atoms with E-state index in [1.165, 1.54) is 0 Å². The van der Waals surface area contributed by atoms with Gasteiger partial charge in [-0.3, -0.25) is 9.59 Å². The van der Waals surface area contributed by atoms with Gasteiger partial charge in [-0.05, 0) is 47.9 Å². The number of alkyl carbamates (subject to hydrolysis) is 1. The Morgan fingerprint density at radius 3 is 2.19 bits per heavy atom. The molecule has 2 aromatic rings. The van der Waals surface area contributed by atoms with Gasteiger partial charge in [0.2, 0.25) is 5.91 Å². The van der Waals surface area contributed by atoms with Crippen molar-refractivity contribution in [3.63, 3.8) is 0 Å². The lowest BCUT2D eigenvalue weighted by Gasteiger charge is -2.22. The molecule has 168 valence electrons. The van der Waals surface area contributed by atoms with E-state index in [1.807, 2.05) is 43.3 Å². The zero-order valence-corrected chi connectivity index (χ0v) is 18.1. The van der Waals surface area contributed by atoms with Crippen molar-refractivity contribution in [2.45, 2.75) is 56.5 Å². The first-order valence-corrected chi connectivity index (χ1v) is 11.1. The van der Waals surface area contributed by atoms with Crippen LogP contribution in [-0.2, 0) is 14.3 Å². The molecule has 0 heterocycles. The predicted molar refractivity (Wildman–Crippen MR) is 119 cm³/mol. The zero-order valence-electron chi connectivity index (χ0n) is 18.1. The van der Waals surface area contributed by atoms with Crippen LogP contribution in [0.25, 0.3) is 11.1 Å². The summed E-state index contributed by atoms with van der Waals surface area (Å²) in [4.78, 5) is 36.3. The Morgan fingerprint density at radius 1 is 1.06 bits per heavy atom. The van der Waals surface area contributed by atoms with E-state index < -0.39 is 18.1 Å². The monoisotopic (exact) mass is 436 g/mol. The molecule has 2 aliphatic carbocycles. The molecule has 0 spiro atoms. The molecule has 1 atom stereocenters. The number of carboxylic acids is 1. The maximum absolute atomic E-state index is 12.7. The number of hydrogen-bond donors (Lipinski definition) is 3. The molecule has 0 aromatic heterocycles. The Bertz CT molecular complexity index is 985. The van der Waals surface area contributed by atoms with Gasteiger partial charge in [-0.2, -0.15) is 0 Å². The molecule has 0 aliphatic heterocycles. The van der Waals surface area contributed by atoms with Gasteiger partial charge in [0, 0.05) is 17.9 Å². The molecule has 0 radical (unpaired) electrons. The minimum atomic E-state index is -1.02. The second kappa shape index (κ2) is 9.02. The molecule has 1 saturated carbocycles. The third-order valence-corrected chi connectivity index (χ3v) is 6.52. The highest BCUT2D eigenvalue weighted by atomic mass is 16.5. The van der Waals surface area contributed by atoms with Crippen LogP contribution in [0.1, 0.15) is 56.1 Å². The van der Waals surface area contributed by atoms with Gasteiger partial charge in [-0.15, -0.1) is 0 Å². The van der Waals surface area contributed by atoms with Gasteiger partial charge < -0.3 is 20.5 Å². The quantitative estimate of drug-likeness (QED) is 0.554. The highest BCUT2D eigenvalue weighted by Crippen LogP contribution is 2.44. The molecule has 2 aliphatic rings. The van der Waals surface area contributed by atoms with Crippen molar-refractivity contribution in [3.05, 3.63) is 59.7 Å². The van der Waals surface area contributed by atoms with Crippen molar-refractivity contribution in [2.24, 2.45) is 0 Å². The van der Waals surface area contributed by atoms with Crippen molar-refractivity contribution in [3.8, 4) is 11.1 Å². The molecule has 7 nitrogen and oxygen atoms in total. The third kappa shape index (κ3) is 4.61. The molecule has 1 unspecified atom stereocenters. The van der Waals surface area contributed by atoms with E-state index in [1.54, 1.807) is 0 Å². The van der Waals surface area contributed by atoms with Crippen LogP contribution in [0.5, 0.6) is 0 Å². The van der Waals surface area contributed by atoms with E-state index in [-0.39, 0.29) is 36.8 Å². The Hall–Kier alpha value is -3.35. The van der Waals surface area contributed by atoms with Crippen LogP contribution < -0.4 is 10.6 Å². The van der Waals surface area contributed by atoms with Crippen molar-refractivity contribution in [1.29, 1.82) is 0 Å². The van der Waals surface area contributed by atoms with Crippen molar-refractivity contribution in [2.75, 3.05) is 6.61 Å². The number of fused-ring (bicyclic) bond motifs is 3. The first-order chi connectivity index (χ1) is 15.4. The van der Waals surface area contributed by atoms with Gasteiger partial charge in [-0.1, -0.05) is 55.5 Å². The van der Waals surface area contributed by atoms with E-state index in [0.29, 0.717) is 0 Å². The van der Waals surface area contributed by atoms with Gasteiger partial charge >= 0.3 is 12.1 Å². The van der Waals surface area contributed by atoms with E-state index in [2.05, 4.69) is 22.8 Å².